The minimum atomic E-state index is -0.355. The van der Waals surface area contributed by atoms with Crippen molar-refractivity contribution in [3.05, 3.63) is 35.9 Å². The largest absolute Gasteiger partial charge is 0.445 e. The van der Waals surface area contributed by atoms with Gasteiger partial charge in [-0.1, -0.05) is 30.3 Å². The van der Waals surface area contributed by atoms with Crippen molar-refractivity contribution in [2.45, 2.75) is 6.61 Å². The van der Waals surface area contributed by atoms with Gasteiger partial charge in [0.25, 0.3) is 0 Å². The molecule has 19 heavy (non-hydrogen) atoms. The molecular formula is C14H18N2O3. The highest BCUT2D eigenvalue weighted by atomic mass is 16.6. The second kappa shape index (κ2) is 5.73. The molecule has 1 aliphatic heterocycles. The highest BCUT2D eigenvalue weighted by molar-refractivity contribution is 5.82. The predicted molar refractivity (Wildman–Crippen MR) is 70.4 cm³/mol. The summed E-state index contributed by atoms with van der Waals surface area (Å²) in [4.78, 5) is 26.4. The fourth-order valence-corrected chi connectivity index (χ4v) is 1.96. The SMILES string of the molecule is CN(C)C(=O)C1CN(C(=O)OCc2ccccc2)C1. The molecule has 5 nitrogen and oxygen atoms in total. The molecule has 0 saturated carbocycles. The van der Waals surface area contributed by atoms with Crippen molar-refractivity contribution in [1.82, 2.24) is 9.80 Å². The topological polar surface area (TPSA) is 49.9 Å². The molecule has 5 heteroatoms. The fourth-order valence-electron chi connectivity index (χ4n) is 1.96. The Labute approximate surface area is 112 Å². The maximum Gasteiger partial charge on any atom is 0.410 e. The average Bonchev–Trinajstić information content (AvgIpc) is 2.35. The molecule has 1 aromatic rings. The number of carbonyl (C=O) groups excluding carboxylic acids is 2. The smallest absolute Gasteiger partial charge is 0.410 e. The van der Waals surface area contributed by atoms with Crippen LogP contribution in [0, 0.1) is 5.92 Å². The average molecular weight is 262 g/mol. The third-order valence-corrected chi connectivity index (χ3v) is 3.13. The first-order valence-electron chi connectivity index (χ1n) is 6.24. The zero-order valence-corrected chi connectivity index (χ0v) is 11.2. The molecule has 0 N–H and O–H groups in total. The van der Waals surface area contributed by atoms with Crippen LogP contribution in [0.15, 0.2) is 30.3 Å². The first kappa shape index (κ1) is 13.4. The Kier molecular flexibility index (Phi) is 4.04. The Hall–Kier alpha value is -2.04. The van der Waals surface area contributed by atoms with E-state index in [1.807, 2.05) is 30.3 Å². The Morgan fingerprint density at radius 1 is 1.26 bits per heavy atom. The number of likely N-dealkylation sites (tertiary alicyclic amines) is 1. The Morgan fingerprint density at radius 3 is 2.47 bits per heavy atom. The van der Waals surface area contributed by atoms with Gasteiger partial charge in [0.1, 0.15) is 6.61 Å². The summed E-state index contributed by atoms with van der Waals surface area (Å²) in [7, 11) is 3.44. The molecule has 0 aliphatic carbocycles. The number of hydrogen-bond acceptors (Lipinski definition) is 3. The van der Waals surface area contributed by atoms with Gasteiger partial charge in [-0.2, -0.15) is 0 Å². The van der Waals surface area contributed by atoms with Crippen LogP contribution in [0.4, 0.5) is 4.79 Å². The number of rotatable bonds is 3. The Morgan fingerprint density at radius 2 is 1.89 bits per heavy atom. The molecule has 102 valence electrons. The van der Waals surface area contributed by atoms with E-state index in [0.717, 1.165) is 5.56 Å². The van der Waals surface area contributed by atoms with E-state index in [1.54, 1.807) is 23.9 Å². The Bertz CT molecular complexity index is 453. The molecule has 1 heterocycles. The summed E-state index contributed by atoms with van der Waals surface area (Å²) in [5, 5.41) is 0. The summed E-state index contributed by atoms with van der Waals surface area (Å²) >= 11 is 0. The summed E-state index contributed by atoms with van der Waals surface area (Å²) in [5.74, 6) is -0.0219. The van der Waals surface area contributed by atoms with Crippen LogP contribution in [0.25, 0.3) is 0 Å². The van der Waals surface area contributed by atoms with Gasteiger partial charge in [0.2, 0.25) is 5.91 Å². The molecule has 0 radical (unpaired) electrons. The molecule has 0 unspecified atom stereocenters. The zero-order valence-electron chi connectivity index (χ0n) is 11.2. The monoisotopic (exact) mass is 262 g/mol. The summed E-state index contributed by atoms with van der Waals surface area (Å²) < 4.78 is 5.18. The van der Waals surface area contributed by atoms with Crippen molar-refractivity contribution >= 4 is 12.0 Å². The van der Waals surface area contributed by atoms with E-state index in [-0.39, 0.29) is 24.5 Å². The highest BCUT2D eigenvalue weighted by Crippen LogP contribution is 2.18. The molecular weight excluding hydrogens is 244 g/mol. The summed E-state index contributed by atoms with van der Waals surface area (Å²) in [6.07, 6.45) is -0.355. The summed E-state index contributed by atoms with van der Waals surface area (Å²) in [5.41, 5.74) is 0.956. The van der Waals surface area contributed by atoms with Gasteiger partial charge in [0.15, 0.2) is 0 Å². The van der Waals surface area contributed by atoms with E-state index in [9.17, 15) is 9.59 Å². The molecule has 2 rings (SSSR count). The molecule has 1 aliphatic rings. The maximum atomic E-state index is 11.7. The fraction of sp³-hybridized carbons (Fsp3) is 0.429. The molecule has 1 saturated heterocycles. The number of hydrogen-bond donors (Lipinski definition) is 0. The number of amides is 2. The van der Waals surface area contributed by atoms with Crippen LogP contribution in [0.2, 0.25) is 0 Å². The lowest BCUT2D eigenvalue weighted by atomic mass is 10.00. The van der Waals surface area contributed by atoms with Crippen LogP contribution in [-0.4, -0.2) is 49.0 Å². The number of benzene rings is 1. The minimum absolute atomic E-state index is 0.0621. The zero-order chi connectivity index (χ0) is 13.8. The van der Waals surface area contributed by atoms with Gasteiger partial charge in [-0.25, -0.2) is 4.79 Å². The van der Waals surface area contributed by atoms with Crippen LogP contribution in [0.3, 0.4) is 0 Å². The molecule has 1 aromatic carbocycles. The normalized spacial score (nSPS) is 14.7. The van der Waals surface area contributed by atoms with Gasteiger partial charge >= 0.3 is 6.09 Å². The lowest BCUT2D eigenvalue weighted by Gasteiger charge is -2.38. The van der Waals surface area contributed by atoms with Crippen LogP contribution in [-0.2, 0) is 16.1 Å². The van der Waals surface area contributed by atoms with Crippen molar-refractivity contribution in [1.29, 1.82) is 0 Å². The second-order valence-electron chi connectivity index (χ2n) is 4.87. The second-order valence-corrected chi connectivity index (χ2v) is 4.87. The van der Waals surface area contributed by atoms with Crippen LogP contribution >= 0.6 is 0 Å². The van der Waals surface area contributed by atoms with E-state index in [1.165, 1.54) is 0 Å². The third-order valence-electron chi connectivity index (χ3n) is 3.13. The standard InChI is InChI=1S/C14H18N2O3/c1-15(2)13(17)12-8-16(9-12)14(18)19-10-11-6-4-3-5-7-11/h3-7,12H,8-10H2,1-2H3. The number of ether oxygens (including phenoxy) is 1. The minimum Gasteiger partial charge on any atom is -0.445 e. The van der Waals surface area contributed by atoms with Gasteiger partial charge in [-0.15, -0.1) is 0 Å². The van der Waals surface area contributed by atoms with E-state index in [4.69, 9.17) is 4.74 Å². The molecule has 0 bridgehead atoms. The van der Waals surface area contributed by atoms with Crippen molar-refractivity contribution in [3.63, 3.8) is 0 Å². The molecule has 0 aromatic heterocycles. The highest BCUT2D eigenvalue weighted by Gasteiger charge is 2.37. The molecule has 0 spiro atoms. The van der Waals surface area contributed by atoms with Gasteiger partial charge in [-0.3, -0.25) is 4.79 Å². The summed E-state index contributed by atoms with van der Waals surface area (Å²) in [6, 6.07) is 9.53. The van der Waals surface area contributed by atoms with Gasteiger partial charge in [0.05, 0.1) is 5.92 Å². The molecule has 0 atom stereocenters. The number of carbonyl (C=O) groups is 2. The quantitative estimate of drug-likeness (QED) is 0.826. The van der Waals surface area contributed by atoms with Crippen LogP contribution in [0.1, 0.15) is 5.56 Å². The van der Waals surface area contributed by atoms with Crippen molar-refractivity contribution in [3.8, 4) is 0 Å². The first-order chi connectivity index (χ1) is 9.08. The van der Waals surface area contributed by atoms with E-state index in [2.05, 4.69) is 0 Å². The molecule has 2 amide bonds. The Balaban J connectivity index is 1.73. The summed E-state index contributed by atoms with van der Waals surface area (Å²) in [6.45, 7) is 1.16. The number of nitrogens with zero attached hydrogens (tertiary/aromatic N) is 2. The van der Waals surface area contributed by atoms with Crippen LogP contribution in [0.5, 0.6) is 0 Å². The van der Waals surface area contributed by atoms with E-state index >= 15 is 0 Å². The van der Waals surface area contributed by atoms with E-state index in [0.29, 0.717) is 13.1 Å². The first-order valence-corrected chi connectivity index (χ1v) is 6.24. The van der Waals surface area contributed by atoms with Crippen molar-refractivity contribution < 1.29 is 14.3 Å². The third kappa shape index (κ3) is 3.24. The van der Waals surface area contributed by atoms with E-state index < -0.39 is 0 Å². The van der Waals surface area contributed by atoms with Gasteiger partial charge in [-0.05, 0) is 5.56 Å². The van der Waals surface area contributed by atoms with Crippen LogP contribution < -0.4 is 0 Å². The van der Waals surface area contributed by atoms with Gasteiger partial charge < -0.3 is 14.5 Å². The maximum absolute atomic E-state index is 11.7. The predicted octanol–water partition coefficient (Wildman–Crippen LogP) is 1.34. The lowest BCUT2D eigenvalue weighted by Crippen LogP contribution is -2.55. The lowest BCUT2D eigenvalue weighted by molar-refractivity contribution is -0.137. The van der Waals surface area contributed by atoms with Crippen molar-refractivity contribution in [2.75, 3.05) is 27.2 Å². The molecule has 1 fully saturated rings. The van der Waals surface area contributed by atoms with Gasteiger partial charge in [0, 0.05) is 27.2 Å². The van der Waals surface area contributed by atoms with Crippen molar-refractivity contribution in [2.24, 2.45) is 5.92 Å².